The van der Waals surface area contributed by atoms with Crippen molar-refractivity contribution in [2.45, 2.75) is 31.3 Å². The molecule has 0 radical (unpaired) electrons. The maximum Gasteiger partial charge on any atom is 0.0589 e. The van der Waals surface area contributed by atoms with Crippen molar-refractivity contribution in [1.29, 1.82) is 0 Å². The van der Waals surface area contributed by atoms with Gasteiger partial charge in [-0.25, -0.2) is 0 Å². The largest absolute Gasteiger partial charge is 0.383 e. The number of rotatable bonds is 6. The zero-order valence-corrected chi connectivity index (χ0v) is 10.2. The van der Waals surface area contributed by atoms with E-state index in [0.29, 0.717) is 12.0 Å². The molecule has 0 bridgehead atoms. The summed E-state index contributed by atoms with van der Waals surface area (Å²) in [4.78, 5) is 2.53. The second-order valence-electron chi connectivity index (χ2n) is 5.01. The second kappa shape index (κ2) is 5.96. The third kappa shape index (κ3) is 3.42. The Balaban J connectivity index is 1.78. The molecule has 1 saturated carbocycles. The summed E-state index contributed by atoms with van der Waals surface area (Å²) in [6, 6.07) is 1.10. The van der Waals surface area contributed by atoms with Crippen molar-refractivity contribution in [2.24, 2.45) is 11.7 Å². The van der Waals surface area contributed by atoms with Gasteiger partial charge in [0.25, 0.3) is 0 Å². The lowest BCUT2D eigenvalue weighted by molar-refractivity contribution is 0.0209. The lowest BCUT2D eigenvalue weighted by atomic mass is 9.96. The molecule has 2 rings (SSSR count). The molecule has 0 aromatic carbocycles. The van der Waals surface area contributed by atoms with E-state index in [-0.39, 0.29) is 0 Å². The van der Waals surface area contributed by atoms with Gasteiger partial charge in [0.2, 0.25) is 0 Å². The van der Waals surface area contributed by atoms with E-state index in [1.165, 1.54) is 12.8 Å². The Bertz CT molecular complexity index is 209. The summed E-state index contributed by atoms with van der Waals surface area (Å²) in [6.45, 7) is 4.59. The molecule has 1 aliphatic heterocycles. The second-order valence-corrected chi connectivity index (χ2v) is 5.01. The van der Waals surface area contributed by atoms with Crippen LogP contribution in [0.5, 0.6) is 0 Å². The van der Waals surface area contributed by atoms with Crippen LogP contribution >= 0.6 is 0 Å². The fourth-order valence-electron chi connectivity index (χ4n) is 2.37. The molecule has 2 fully saturated rings. The molecule has 1 aliphatic carbocycles. The SMILES string of the molecule is COCCN(CC1COCCC1N)C1CC1. The molecule has 0 amide bonds. The molecule has 1 saturated heterocycles. The van der Waals surface area contributed by atoms with Gasteiger partial charge in [-0.1, -0.05) is 0 Å². The number of hydrogen-bond acceptors (Lipinski definition) is 4. The monoisotopic (exact) mass is 228 g/mol. The van der Waals surface area contributed by atoms with Gasteiger partial charge < -0.3 is 15.2 Å². The molecule has 0 spiro atoms. The summed E-state index contributed by atoms with van der Waals surface area (Å²) in [6.07, 6.45) is 3.69. The highest BCUT2D eigenvalue weighted by Crippen LogP contribution is 2.28. The first-order valence-electron chi connectivity index (χ1n) is 6.37. The fraction of sp³-hybridized carbons (Fsp3) is 1.00. The number of methoxy groups -OCH3 is 1. The molecule has 0 aromatic heterocycles. The third-order valence-corrected chi connectivity index (χ3v) is 3.65. The molecule has 2 atom stereocenters. The van der Waals surface area contributed by atoms with Crippen molar-refractivity contribution < 1.29 is 9.47 Å². The standard InChI is InChI=1S/C12H24N2O2/c1-15-7-5-14(11-2-3-11)8-10-9-16-6-4-12(10)13/h10-12H,2-9,13H2,1H3. The molecule has 2 unspecified atom stereocenters. The predicted octanol–water partition coefficient (Wildman–Crippen LogP) is 0.461. The summed E-state index contributed by atoms with van der Waals surface area (Å²) in [7, 11) is 1.76. The minimum absolute atomic E-state index is 0.317. The number of nitrogens with zero attached hydrogens (tertiary/aromatic N) is 1. The Hall–Kier alpha value is -0.160. The van der Waals surface area contributed by atoms with Crippen molar-refractivity contribution in [3.8, 4) is 0 Å². The Labute approximate surface area is 98.1 Å². The van der Waals surface area contributed by atoms with E-state index in [0.717, 1.165) is 45.4 Å². The van der Waals surface area contributed by atoms with Crippen LogP contribution in [0.25, 0.3) is 0 Å². The van der Waals surface area contributed by atoms with Crippen molar-refractivity contribution in [3.63, 3.8) is 0 Å². The number of hydrogen-bond donors (Lipinski definition) is 1. The van der Waals surface area contributed by atoms with Crippen LogP contribution in [0.2, 0.25) is 0 Å². The molecule has 0 aromatic rings. The van der Waals surface area contributed by atoms with Crippen LogP contribution in [0.3, 0.4) is 0 Å². The van der Waals surface area contributed by atoms with Crippen LogP contribution in [-0.4, -0.2) is 57.0 Å². The minimum Gasteiger partial charge on any atom is -0.383 e. The third-order valence-electron chi connectivity index (χ3n) is 3.65. The first kappa shape index (κ1) is 12.3. The Morgan fingerprint density at radius 3 is 2.81 bits per heavy atom. The summed E-state index contributed by atoms with van der Waals surface area (Å²) in [5.41, 5.74) is 6.14. The van der Waals surface area contributed by atoms with E-state index < -0.39 is 0 Å². The predicted molar refractivity (Wildman–Crippen MR) is 63.4 cm³/mol. The summed E-state index contributed by atoms with van der Waals surface area (Å²) >= 11 is 0. The molecule has 2 aliphatic rings. The van der Waals surface area contributed by atoms with E-state index in [1.807, 2.05) is 0 Å². The van der Waals surface area contributed by atoms with E-state index in [9.17, 15) is 0 Å². The number of ether oxygens (including phenoxy) is 2. The summed E-state index contributed by atoms with van der Waals surface area (Å²) in [5, 5.41) is 0. The van der Waals surface area contributed by atoms with Gasteiger partial charge in [-0.15, -0.1) is 0 Å². The maximum absolute atomic E-state index is 6.14. The van der Waals surface area contributed by atoms with Gasteiger partial charge in [0, 0.05) is 44.8 Å². The topological polar surface area (TPSA) is 47.7 Å². The van der Waals surface area contributed by atoms with E-state index >= 15 is 0 Å². The highest BCUT2D eigenvalue weighted by atomic mass is 16.5. The Morgan fingerprint density at radius 1 is 1.38 bits per heavy atom. The van der Waals surface area contributed by atoms with E-state index in [2.05, 4.69) is 4.90 Å². The quantitative estimate of drug-likeness (QED) is 0.717. The van der Waals surface area contributed by atoms with Crippen LogP contribution in [0.4, 0.5) is 0 Å². The summed E-state index contributed by atoms with van der Waals surface area (Å²) in [5.74, 6) is 0.506. The Morgan fingerprint density at radius 2 is 2.19 bits per heavy atom. The average Bonchev–Trinajstić information content (AvgIpc) is 3.10. The zero-order valence-electron chi connectivity index (χ0n) is 10.2. The van der Waals surface area contributed by atoms with Crippen LogP contribution < -0.4 is 5.73 Å². The van der Waals surface area contributed by atoms with Crippen molar-refractivity contribution in [2.75, 3.05) is 40.0 Å². The molecule has 1 heterocycles. The van der Waals surface area contributed by atoms with Crippen LogP contribution in [0.1, 0.15) is 19.3 Å². The molecule has 94 valence electrons. The highest BCUT2D eigenvalue weighted by Gasteiger charge is 2.32. The van der Waals surface area contributed by atoms with Crippen molar-refractivity contribution in [1.82, 2.24) is 4.90 Å². The number of nitrogens with two attached hydrogens (primary N) is 1. The van der Waals surface area contributed by atoms with Gasteiger partial charge in [-0.2, -0.15) is 0 Å². The molecule has 2 N–H and O–H groups in total. The van der Waals surface area contributed by atoms with Gasteiger partial charge in [0.1, 0.15) is 0 Å². The van der Waals surface area contributed by atoms with Crippen molar-refractivity contribution >= 4 is 0 Å². The molecule has 4 heteroatoms. The maximum atomic E-state index is 6.14. The van der Waals surface area contributed by atoms with Gasteiger partial charge in [-0.05, 0) is 19.3 Å². The van der Waals surface area contributed by atoms with Gasteiger partial charge in [-0.3, -0.25) is 4.90 Å². The molecular formula is C12H24N2O2. The first-order chi connectivity index (χ1) is 7.81. The smallest absolute Gasteiger partial charge is 0.0589 e. The van der Waals surface area contributed by atoms with Gasteiger partial charge in [0.15, 0.2) is 0 Å². The van der Waals surface area contributed by atoms with Gasteiger partial charge in [0.05, 0.1) is 13.2 Å². The summed E-state index contributed by atoms with van der Waals surface area (Å²) < 4.78 is 10.7. The van der Waals surface area contributed by atoms with E-state index in [1.54, 1.807) is 7.11 Å². The lowest BCUT2D eigenvalue weighted by Crippen LogP contribution is -2.46. The molecule has 4 nitrogen and oxygen atoms in total. The van der Waals surface area contributed by atoms with Gasteiger partial charge >= 0.3 is 0 Å². The fourth-order valence-corrected chi connectivity index (χ4v) is 2.37. The molecular weight excluding hydrogens is 204 g/mol. The highest BCUT2D eigenvalue weighted by molar-refractivity contribution is 4.88. The molecule has 16 heavy (non-hydrogen) atoms. The minimum atomic E-state index is 0.317. The zero-order chi connectivity index (χ0) is 11.4. The lowest BCUT2D eigenvalue weighted by Gasteiger charge is -2.33. The Kier molecular flexibility index (Phi) is 4.58. The van der Waals surface area contributed by atoms with Crippen LogP contribution in [-0.2, 0) is 9.47 Å². The van der Waals surface area contributed by atoms with Crippen LogP contribution in [0, 0.1) is 5.92 Å². The average molecular weight is 228 g/mol. The van der Waals surface area contributed by atoms with Crippen molar-refractivity contribution in [3.05, 3.63) is 0 Å². The van der Waals surface area contributed by atoms with Crippen LogP contribution in [0.15, 0.2) is 0 Å². The normalized spacial score (nSPS) is 30.9. The first-order valence-corrected chi connectivity index (χ1v) is 6.37. The van der Waals surface area contributed by atoms with E-state index in [4.69, 9.17) is 15.2 Å².